The summed E-state index contributed by atoms with van der Waals surface area (Å²) in [5.41, 5.74) is 0.638. The van der Waals surface area contributed by atoms with Gasteiger partial charge >= 0.3 is 0 Å². The highest BCUT2D eigenvalue weighted by molar-refractivity contribution is 4.84. The van der Waals surface area contributed by atoms with Crippen molar-refractivity contribution in [3.63, 3.8) is 0 Å². The standard InChI is InChI=1S/C9H18/c1-7-5-9(3,4)6-8(7)2/h7-8H,5-6H2,1-4H3/t7-,8-/m1/s1. The van der Waals surface area contributed by atoms with Crippen LogP contribution in [-0.2, 0) is 0 Å². The second kappa shape index (κ2) is 2.00. The Bertz CT molecular complexity index is 90.6. The van der Waals surface area contributed by atoms with Crippen LogP contribution in [0.25, 0.3) is 0 Å². The van der Waals surface area contributed by atoms with E-state index in [9.17, 15) is 0 Å². The summed E-state index contributed by atoms with van der Waals surface area (Å²) in [6, 6.07) is 0. The molecule has 1 rings (SSSR count). The van der Waals surface area contributed by atoms with Crippen LogP contribution in [0, 0.1) is 17.3 Å². The van der Waals surface area contributed by atoms with E-state index >= 15 is 0 Å². The van der Waals surface area contributed by atoms with Gasteiger partial charge in [-0.3, -0.25) is 0 Å². The fourth-order valence-corrected chi connectivity index (χ4v) is 2.23. The molecule has 0 aliphatic heterocycles. The van der Waals surface area contributed by atoms with Gasteiger partial charge in [0, 0.05) is 0 Å². The zero-order valence-corrected chi connectivity index (χ0v) is 7.07. The molecular formula is C9H18. The van der Waals surface area contributed by atoms with Crippen molar-refractivity contribution in [3.05, 3.63) is 0 Å². The molecule has 1 aliphatic rings. The zero-order chi connectivity index (χ0) is 7.07. The van der Waals surface area contributed by atoms with Gasteiger partial charge in [-0.2, -0.15) is 0 Å². The highest BCUT2D eigenvalue weighted by Gasteiger charge is 2.33. The third kappa shape index (κ3) is 1.47. The van der Waals surface area contributed by atoms with Gasteiger partial charge in [0.25, 0.3) is 0 Å². The lowest BCUT2D eigenvalue weighted by molar-refractivity contribution is 0.363. The molecule has 0 heteroatoms. The smallest absolute Gasteiger partial charge is 0.0349 e. The summed E-state index contributed by atoms with van der Waals surface area (Å²) < 4.78 is 0. The Labute approximate surface area is 58.7 Å². The number of hydrogen-bond acceptors (Lipinski definition) is 0. The molecule has 0 bridgehead atoms. The van der Waals surface area contributed by atoms with Crippen molar-refractivity contribution in [2.75, 3.05) is 0 Å². The molecule has 0 saturated heterocycles. The highest BCUT2D eigenvalue weighted by Crippen LogP contribution is 2.44. The SMILES string of the molecule is C[C@@H]1CC(C)(C)C[C@H]1C. The molecule has 2 atom stereocenters. The summed E-state index contributed by atoms with van der Waals surface area (Å²) in [6.07, 6.45) is 2.85. The molecule has 0 amide bonds. The molecule has 0 heterocycles. The van der Waals surface area contributed by atoms with E-state index in [1.54, 1.807) is 0 Å². The summed E-state index contributed by atoms with van der Waals surface area (Å²) in [6.45, 7) is 9.51. The van der Waals surface area contributed by atoms with Crippen molar-refractivity contribution < 1.29 is 0 Å². The molecule has 54 valence electrons. The molecule has 0 N–H and O–H groups in total. The topological polar surface area (TPSA) is 0 Å². The molecule has 0 nitrogen and oxygen atoms in total. The van der Waals surface area contributed by atoms with Crippen molar-refractivity contribution in [1.82, 2.24) is 0 Å². The number of hydrogen-bond donors (Lipinski definition) is 0. The molecule has 1 aliphatic carbocycles. The maximum atomic E-state index is 2.38. The van der Waals surface area contributed by atoms with Gasteiger partial charge in [-0.05, 0) is 30.1 Å². The van der Waals surface area contributed by atoms with Crippen molar-refractivity contribution in [1.29, 1.82) is 0 Å². The van der Waals surface area contributed by atoms with Gasteiger partial charge in [0.2, 0.25) is 0 Å². The van der Waals surface area contributed by atoms with Crippen LogP contribution in [-0.4, -0.2) is 0 Å². The molecule has 0 aromatic heterocycles. The van der Waals surface area contributed by atoms with E-state index in [-0.39, 0.29) is 0 Å². The van der Waals surface area contributed by atoms with Crippen LogP contribution in [0.1, 0.15) is 40.5 Å². The average Bonchev–Trinajstić information content (AvgIpc) is 1.79. The van der Waals surface area contributed by atoms with E-state index in [1.165, 1.54) is 12.8 Å². The third-order valence-corrected chi connectivity index (χ3v) is 2.72. The summed E-state index contributed by atoms with van der Waals surface area (Å²) in [5.74, 6) is 1.92. The zero-order valence-electron chi connectivity index (χ0n) is 7.07. The second-order valence-corrected chi connectivity index (χ2v) is 4.53. The molecular weight excluding hydrogens is 108 g/mol. The molecule has 1 fully saturated rings. The van der Waals surface area contributed by atoms with Crippen LogP contribution in [0.15, 0.2) is 0 Å². The first-order valence-corrected chi connectivity index (χ1v) is 4.01. The Morgan fingerprint density at radius 2 is 1.33 bits per heavy atom. The van der Waals surface area contributed by atoms with Crippen molar-refractivity contribution in [3.8, 4) is 0 Å². The van der Waals surface area contributed by atoms with E-state index in [1.807, 2.05) is 0 Å². The minimum absolute atomic E-state index is 0.638. The lowest BCUT2D eigenvalue weighted by Crippen LogP contribution is -2.03. The lowest BCUT2D eigenvalue weighted by Gasteiger charge is -2.15. The van der Waals surface area contributed by atoms with Gasteiger partial charge < -0.3 is 0 Å². The van der Waals surface area contributed by atoms with Crippen LogP contribution >= 0.6 is 0 Å². The first-order valence-electron chi connectivity index (χ1n) is 4.01. The quantitative estimate of drug-likeness (QED) is 0.468. The second-order valence-electron chi connectivity index (χ2n) is 4.53. The average molecular weight is 126 g/mol. The monoisotopic (exact) mass is 126 g/mol. The minimum Gasteiger partial charge on any atom is -0.0622 e. The van der Waals surface area contributed by atoms with Gasteiger partial charge in [0.05, 0.1) is 0 Å². The maximum Gasteiger partial charge on any atom is -0.0349 e. The van der Waals surface area contributed by atoms with E-state index < -0.39 is 0 Å². The van der Waals surface area contributed by atoms with E-state index in [2.05, 4.69) is 27.7 Å². The van der Waals surface area contributed by atoms with Crippen molar-refractivity contribution >= 4 is 0 Å². The predicted molar refractivity (Wildman–Crippen MR) is 41.3 cm³/mol. The van der Waals surface area contributed by atoms with Crippen LogP contribution in [0.5, 0.6) is 0 Å². The Morgan fingerprint density at radius 3 is 1.44 bits per heavy atom. The van der Waals surface area contributed by atoms with Gasteiger partial charge in [-0.15, -0.1) is 0 Å². The summed E-state index contributed by atoms with van der Waals surface area (Å²) in [4.78, 5) is 0. The van der Waals surface area contributed by atoms with Crippen molar-refractivity contribution in [2.45, 2.75) is 40.5 Å². The molecule has 0 radical (unpaired) electrons. The van der Waals surface area contributed by atoms with Crippen LogP contribution < -0.4 is 0 Å². The molecule has 0 unspecified atom stereocenters. The third-order valence-electron chi connectivity index (χ3n) is 2.72. The Balaban J connectivity index is 2.54. The van der Waals surface area contributed by atoms with E-state index in [0.717, 1.165) is 11.8 Å². The molecule has 0 aromatic carbocycles. The number of rotatable bonds is 0. The molecule has 1 saturated carbocycles. The Hall–Kier alpha value is 0. The molecule has 0 spiro atoms. The van der Waals surface area contributed by atoms with Gasteiger partial charge in [-0.25, -0.2) is 0 Å². The largest absolute Gasteiger partial charge is 0.0622 e. The van der Waals surface area contributed by atoms with E-state index in [4.69, 9.17) is 0 Å². The van der Waals surface area contributed by atoms with Crippen LogP contribution in [0.2, 0.25) is 0 Å². The fourth-order valence-electron chi connectivity index (χ4n) is 2.23. The van der Waals surface area contributed by atoms with Crippen LogP contribution in [0.3, 0.4) is 0 Å². The normalized spacial score (nSPS) is 41.3. The highest BCUT2D eigenvalue weighted by atomic mass is 14.4. The Kier molecular flexibility index (Phi) is 1.58. The summed E-state index contributed by atoms with van der Waals surface area (Å²) in [5, 5.41) is 0. The Morgan fingerprint density at radius 1 is 1.00 bits per heavy atom. The summed E-state index contributed by atoms with van der Waals surface area (Å²) in [7, 11) is 0. The predicted octanol–water partition coefficient (Wildman–Crippen LogP) is 3.08. The first kappa shape index (κ1) is 7.11. The van der Waals surface area contributed by atoms with Gasteiger partial charge in [0.15, 0.2) is 0 Å². The minimum atomic E-state index is 0.638. The maximum absolute atomic E-state index is 2.38. The van der Waals surface area contributed by atoms with Crippen molar-refractivity contribution in [2.24, 2.45) is 17.3 Å². The summed E-state index contributed by atoms with van der Waals surface area (Å²) >= 11 is 0. The molecule has 9 heavy (non-hydrogen) atoms. The fraction of sp³-hybridized carbons (Fsp3) is 1.00. The molecule has 0 aromatic rings. The van der Waals surface area contributed by atoms with E-state index in [0.29, 0.717) is 5.41 Å². The first-order chi connectivity index (χ1) is 4.01. The van der Waals surface area contributed by atoms with Crippen LogP contribution in [0.4, 0.5) is 0 Å². The lowest BCUT2D eigenvalue weighted by atomic mass is 9.91. The van der Waals surface area contributed by atoms with Gasteiger partial charge in [0.1, 0.15) is 0 Å². The van der Waals surface area contributed by atoms with Gasteiger partial charge in [-0.1, -0.05) is 27.7 Å².